The van der Waals surface area contributed by atoms with Gasteiger partial charge in [0.15, 0.2) is 5.78 Å². The minimum absolute atomic E-state index is 0.0942. The summed E-state index contributed by atoms with van der Waals surface area (Å²) >= 11 is 0. The second-order valence-electron chi connectivity index (χ2n) is 9.45. The van der Waals surface area contributed by atoms with E-state index in [-0.39, 0.29) is 11.2 Å². The Morgan fingerprint density at radius 3 is 2.39 bits per heavy atom. The van der Waals surface area contributed by atoms with Crippen LogP contribution in [0.15, 0.2) is 36.4 Å². The molecule has 31 heavy (non-hydrogen) atoms. The normalized spacial score (nSPS) is 14.8. The SMILES string of the molecule is Cc1ccc(Nc2nc3c(c(Nc4cccc(C)c4C)n2)C(=O)CC(C)(C)C3)cc1C. The molecule has 0 aliphatic heterocycles. The van der Waals surface area contributed by atoms with Crippen molar-refractivity contribution in [1.82, 2.24) is 9.97 Å². The van der Waals surface area contributed by atoms with Crippen LogP contribution in [0.5, 0.6) is 0 Å². The first-order chi connectivity index (χ1) is 14.6. The summed E-state index contributed by atoms with van der Waals surface area (Å²) in [6.07, 6.45) is 1.23. The molecule has 0 saturated carbocycles. The third-order valence-electron chi connectivity index (χ3n) is 6.17. The van der Waals surface area contributed by atoms with E-state index in [1.807, 2.05) is 18.2 Å². The van der Waals surface area contributed by atoms with E-state index in [1.54, 1.807) is 0 Å². The van der Waals surface area contributed by atoms with Gasteiger partial charge in [0.1, 0.15) is 5.82 Å². The van der Waals surface area contributed by atoms with Crippen molar-refractivity contribution in [2.24, 2.45) is 5.41 Å². The van der Waals surface area contributed by atoms with Crippen molar-refractivity contribution in [1.29, 1.82) is 0 Å². The van der Waals surface area contributed by atoms with Gasteiger partial charge in [-0.25, -0.2) is 4.98 Å². The molecule has 1 aromatic heterocycles. The summed E-state index contributed by atoms with van der Waals surface area (Å²) in [5.74, 6) is 1.17. The summed E-state index contributed by atoms with van der Waals surface area (Å²) in [7, 11) is 0. The van der Waals surface area contributed by atoms with Crippen molar-refractivity contribution in [2.45, 2.75) is 54.4 Å². The quantitative estimate of drug-likeness (QED) is 0.520. The van der Waals surface area contributed by atoms with Gasteiger partial charge in [-0.05, 0) is 80.0 Å². The standard InChI is InChI=1S/C26H30N4O/c1-15-10-11-19(12-17(15)3)27-25-29-21-13-26(5,6)14-22(31)23(21)24(30-25)28-20-9-7-8-16(2)18(20)4/h7-12H,13-14H2,1-6H3,(H2,27,28,29,30). The number of carbonyl (C=O) groups excluding carboxylic acids is 1. The first-order valence-corrected chi connectivity index (χ1v) is 10.7. The maximum atomic E-state index is 13.1. The zero-order chi connectivity index (χ0) is 22.3. The number of hydrogen-bond donors (Lipinski definition) is 2. The van der Waals surface area contributed by atoms with Crippen molar-refractivity contribution in [3.8, 4) is 0 Å². The third kappa shape index (κ3) is 4.31. The smallest absolute Gasteiger partial charge is 0.229 e. The molecule has 5 nitrogen and oxygen atoms in total. The lowest BCUT2D eigenvalue weighted by atomic mass is 9.75. The van der Waals surface area contributed by atoms with Crippen LogP contribution in [0, 0.1) is 33.1 Å². The average Bonchev–Trinajstić information content (AvgIpc) is 2.67. The predicted molar refractivity (Wildman–Crippen MR) is 127 cm³/mol. The number of aryl methyl sites for hydroxylation is 3. The van der Waals surface area contributed by atoms with Crippen LogP contribution in [0.3, 0.4) is 0 Å². The highest BCUT2D eigenvalue weighted by Crippen LogP contribution is 2.38. The molecule has 160 valence electrons. The molecule has 1 aliphatic carbocycles. The molecule has 1 aliphatic rings. The molecule has 3 aromatic rings. The molecule has 2 N–H and O–H groups in total. The molecular weight excluding hydrogens is 384 g/mol. The van der Waals surface area contributed by atoms with Gasteiger partial charge in [-0.1, -0.05) is 32.0 Å². The first kappa shape index (κ1) is 21.0. The number of hydrogen-bond acceptors (Lipinski definition) is 5. The second kappa shape index (κ2) is 7.80. The minimum atomic E-state index is -0.118. The number of anilines is 4. The number of nitrogens with one attached hydrogen (secondary N) is 2. The largest absolute Gasteiger partial charge is 0.339 e. The third-order valence-corrected chi connectivity index (χ3v) is 6.17. The van der Waals surface area contributed by atoms with Crippen LogP contribution in [0.1, 0.15) is 58.6 Å². The predicted octanol–water partition coefficient (Wildman–Crippen LogP) is 6.35. The molecule has 0 spiro atoms. The molecule has 0 amide bonds. The molecule has 0 saturated heterocycles. The number of rotatable bonds is 4. The highest BCUT2D eigenvalue weighted by atomic mass is 16.1. The van der Waals surface area contributed by atoms with Gasteiger partial charge in [-0.3, -0.25) is 4.79 Å². The summed E-state index contributed by atoms with van der Waals surface area (Å²) < 4.78 is 0. The van der Waals surface area contributed by atoms with E-state index in [0.29, 0.717) is 23.8 Å². The fourth-order valence-electron chi connectivity index (χ4n) is 4.08. The lowest BCUT2D eigenvalue weighted by Gasteiger charge is -2.30. The minimum Gasteiger partial charge on any atom is -0.339 e. The van der Waals surface area contributed by atoms with Gasteiger partial charge in [0, 0.05) is 17.8 Å². The van der Waals surface area contributed by atoms with Crippen LogP contribution in [0.25, 0.3) is 0 Å². The molecular formula is C26H30N4O. The van der Waals surface area contributed by atoms with Crippen LogP contribution in [0.4, 0.5) is 23.1 Å². The zero-order valence-corrected chi connectivity index (χ0v) is 19.2. The van der Waals surface area contributed by atoms with Crippen LogP contribution in [0.2, 0.25) is 0 Å². The van der Waals surface area contributed by atoms with Crippen molar-refractivity contribution >= 4 is 28.9 Å². The Balaban J connectivity index is 1.80. The van der Waals surface area contributed by atoms with E-state index in [1.165, 1.54) is 16.7 Å². The Kier molecular flexibility index (Phi) is 5.29. The van der Waals surface area contributed by atoms with Gasteiger partial charge in [-0.15, -0.1) is 0 Å². The summed E-state index contributed by atoms with van der Waals surface area (Å²) in [4.78, 5) is 22.6. The molecule has 0 fully saturated rings. The molecule has 4 rings (SSSR count). The number of fused-ring (bicyclic) bond motifs is 1. The fraction of sp³-hybridized carbons (Fsp3) is 0.346. The number of benzene rings is 2. The first-order valence-electron chi connectivity index (χ1n) is 10.7. The van der Waals surface area contributed by atoms with Crippen LogP contribution >= 0.6 is 0 Å². The molecule has 0 radical (unpaired) electrons. The van der Waals surface area contributed by atoms with Crippen molar-refractivity contribution in [3.05, 3.63) is 69.9 Å². The van der Waals surface area contributed by atoms with Crippen LogP contribution in [-0.4, -0.2) is 15.8 Å². The molecule has 0 bridgehead atoms. The summed E-state index contributed by atoms with van der Waals surface area (Å²) in [6.45, 7) is 12.6. The van der Waals surface area contributed by atoms with Gasteiger partial charge in [-0.2, -0.15) is 4.98 Å². The molecule has 1 heterocycles. The van der Waals surface area contributed by atoms with Crippen LogP contribution < -0.4 is 10.6 Å². The van der Waals surface area contributed by atoms with E-state index in [2.05, 4.69) is 70.4 Å². The van der Waals surface area contributed by atoms with E-state index in [0.717, 1.165) is 29.1 Å². The Hall–Kier alpha value is -3.21. The van der Waals surface area contributed by atoms with E-state index >= 15 is 0 Å². The van der Waals surface area contributed by atoms with Gasteiger partial charge in [0.2, 0.25) is 5.95 Å². The van der Waals surface area contributed by atoms with Gasteiger partial charge >= 0.3 is 0 Å². The van der Waals surface area contributed by atoms with Gasteiger partial charge < -0.3 is 10.6 Å². The Morgan fingerprint density at radius 2 is 1.65 bits per heavy atom. The van der Waals surface area contributed by atoms with Crippen molar-refractivity contribution in [3.63, 3.8) is 0 Å². The molecule has 5 heteroatoms. The monoisotopic (exact) mass is 414 g/mol. The number of Topliss-reactive ketones (excluding diaryl/α,β-unsaturated/α-hetero) is 1. The molecule has 0 unspecified atom stereocenters. The highest BCUT2D eigenvalue weighted by Gasteiger charge is 2.35. The van der Waals surface area contributed by atoms with Gasteiger partial charge in [0.05, 0.1) is 11.3 Å². The Bertz CT molecular complexity index is 1180. The summed E-state index contributed by atoms with van der Waals surface area (Å²) in [5, 5.41) is 6.78. The summed E-state index contributed by atoms with van der Waals surface area (Å²) in [6, 6.07) is 12.3. The second-order valence-corrected chi connectivity index (χ2v) is 9.45. The molecule has 2 aromatic carbocycles. The van der Waals surface area contributed by atoms with Crippen molar-refractivity contribution in [2.75, 3.05) is 10.6 Å². The zero-order valence-electron chi connectivity index (χ0n) is 19.2. The van der Waals surface area contributed by atoms with Gasteiger partial charge in [0.25, 0.3) is 0 Å². The number of aromatic nitrogens is 2. The average molecular weight is 415 g/mol. The fourth-order valence-corrected chi connectivity index (χ4v) is 4.08. The van der Waals surface area contributed by atoms with Crippen LogP contribution in [-0.2, 0) is 6.42 Å². The maximum Gasteiger partial charge on any atom is 0.229 e. The number of carbonyl (C=O) groups is 1. The number of ketones is 1. The maximum absolute atomic E-state index is 13.1. The lowest BCUT2D eigenvalue weighted by molar-refractivity contribution is 0.0911. The number of nitrogens with zero attached hydrogens (tertiary/aromatic N) is 2. The Labute approximate surface area is 184 Å². The topological polar surface area (TPSA) is 66.9 Å². The van der Waals surface area contributed by atoms with E-state index in [4.69, 9.17) is 9.97 Å². The lowest BCUT2D eigenvalue weighted by Crippen LogP contribution is -2.29. The van der Waals surface area contributed by atoms with Crippen molar-refractivity contribution < 1.29 is 4.79 Å². The van der Waals surface area contributed by atoms with E-state index < -0.39 is 0 Å². The van der Waals surface area contributed by atoms with E-state index in [9.17, 15) is 4.79 Å². The summed E-state index contributed by atoms with van der Waals surface area (Å²) in [5.41, 5.74) is 7.96. The Morgan fingerprint density at radius 1 is 0.871 bits per heavy atom. The molecule has 0 atom stereocenters. The highest BCUT2D eigenvalue weighted by molar-refractivity contribution is 6.03.